The predicted molar refractivity (Wildman–Crippen MR) is 142 cm³/mol. The van der Waals surface area contributed by atoms with Crippen LogP contribution in [-0.2, 0) is 4.74 Å². The van der Waals surface area contributed by atoms with Gasteiger partial charge in [0.15, 0.2) is 0 Å². The van der Waals surface area contributed by atoms with Crippen LogP contribution < -0.4 is 0 Å². The van der Waals surface area contributed by atoms with Crippen molar-refractivity contribution < 1.29 is 18.3 Å². The van der Waals surface area contributed by atoms with Crippen molar-refractivity contribution in [3.8, 4) is 22.5 Å². The molecular formula is C29H37F2N5O2. The van der Waals surface area contributed by atoms with Gasteiger partial charge in [-0.05, 0) is 63.3 Å². The number of likely N-dealkylation sites (tertiary alicyclic amines) is 1. The van der Waals surface area contributed by atoms with Crippen molar-refractivity contribution in [1.82, 2.24) is 24.5 Å². The Bertz CT molecular complexity index is 1280. The molecule has 1 amide bonds. The lowest BCUT2D eigenvalue weighted by Gasteiger charge is -2.32. The predicted octanol–water partition coefficient (Wildman–Crippen LogP) is 6.69. The quantitative estimate of drug-likeness (QED) is 0.360. The van der Waals surface area contributed by atoms with Crippen molar-refractivity contribution >= 4 is 5.91 Å². The summed E-state index contributed by atoms with van der Waals surface area (Å²) in [6.45, 7) is 9.19. The van der Waals surface area contributed by atoms with Crippen LogP contribution in [0, 0.1) is 0 Å². The summed E-state index contributed by atoms with van der Waals surface area (Å²) in [5, 5.41) is 9.69. The number of amides is 1. The van der Waals surface area contributed by atoms with Gasteiger partial charge in [0.25, 0.3) is 11.8 Å². The number of piperidine rings is 1. The van der Waals surface area contributed by atoms with Crippen LogP contribution in [0.15, 0.2) is 36.5 Å². The number of hydrogen-bond donors (Lipinski definition) is 0. The Morgan fingerprint density at radius 1 is 1.03 bits per heavy atom. The lowest BCUT2D eigenvalue weighted by atomic mass is 9.97. The van der Waals surface area contributed by atoms with E-state index in [9.17, 15) is 13.6 Å². The van der Waals surface area contributed by atoms with Gasteiger partial charge in [-0.25, -0.2) is 13.5 Å². The molecule has 1 aromatic carbocycles. The molecule has 0 spiro atoms. The number of hydrogen-bond acceptors (Lipinski definition) is 4. The normalized spacial score (nSPS) is 19.9. The first-order chi connectivity index (χ1) is 18.1. The van der Waals surface area contributed by atoms with E-state index in [0.717, 1.165) is 42.8 Å². The van der Waals surface area contributed by atoms with Crippen molar-refractivity contribution in [2.24, 2.45) is 0 Å². The second kappa shape index (κ2) is 10.6. The first-order valence-electron chi connectivity index (χ1n) is 13.7. The molecule has 0 saturated carbocycles. The van der Waals surface area contributed by atoms with Crippen molar-refractivity contribution in [2.45, 2.75) is 83.9 Å². The number of halogens is 2. The number of ether oxygens (including phenoxy) is 1. The van der Waals surface area contributed by atoms with E-state index >= 15 is 0 Å². The van der Waals surface area contributed by atoms with Crippen molar-refractivity contribution in [1.29, 1.82) is 0 Å². The third-order valence-corrected chi connectivity index (χ3v) is 7.53. The highest BCUT2D eigenvalue weighted by Gasteiger charge is 2.36. The fourth-order valence-corrected chi connectivity index (χ4v) is 5.21. The molecule has 38 heavy (non-hydrogen) atoms. The lowest BCUT2D eigenvalue weighted by molar-refractivity contribution is -0.0494. The number of alkyl halides is 2. The molecule has 3 aromatic rings. The van der Waals surface area contributed by atoms with E-state index in [1.807, 2.05) is 47.6 Å². The SMILES string of the molecule is CC(C)c1cc(-c2ccc(C(=O)N3CCC(F)(F)CC3)c(-c3ccn(C(C)C)n3)c2)nn1C1CCCCO1. The Morgan fingerprint density at radius 3 is 2.42 bits per heavy atom. The minimum Gasteiger partial charge on any atom is -0.357 e. The molecule has 4 heterocycles. The summed E-state index contributed by atoms with van der Waals surface area (Å²) in [5.74, 6) is -2.69. The van der Waals surface area contributed by atoms with Gasteiger partial charge in [0.1, 0.15) is 6.23 Å². The zero-order chi connectivity index (χ0) is 27.0. The van der Waals surface area contributed by atoms with Gasteiger partial charge in [-0.2, -0.15) is 10.2 Å². The van der Waals surface area contributed by atoms with E-state index in [0.29, 0.717) is 16.8 Å². The van der Waals surface area contributed by atoms with Crippen molar-refractivity contribution in [3.63, 3.8) is 0 Å². The molecule has 7 nitrogen and oxygen atoms in total. The maximum atomic E-state index is 13.8. The zero-order valence-electron chi connectivity index (χ0n) is 22.7. The van der Waals surface area contributed by atoms with Gasteiger partial charge in [0, 0.05) is 67.2 Å². The maximum Gasteiger partial charge on any atom is 0.254 e. The molecule has 2 aliphatic heterocycles. The van der Waals surface area contributed by atoms with E-state index in [4.69, 9.17) is 14.9 Å². The molecule has 0 radical (unpaired) electrons. The van der Waals surface area contributed by atoms with Gasteiger partial charge in [0.05, 0.1) is 11.4 Å². The highest BCUT2D eigenvalue weighted by molar-refractivity contribution is 6.01. The summed E-state index contributed by atoms with van der Waals surface area (Å²) in [6.07, 6.45) is 4.31. The molecule has 1 unspecified atom stereocenters. The molecule has 0 aliphatic carbocycles. The highest BCUT2D eigenvalue weighted by Crippen LogP contribution is 2.35. The Hall–Kier alpha value is -3.07. The van der Waals surface area contributed by atoms with E-state index in [2.05, 4.69) is 19.9 Å². The zero-order valence-corrected chi connectivity index (χ0v) is 22.7. The first kappa shape index (κ1) is 26.5. The van der Waals surface area contributed by atoms with Gasteiger partial charge < -0.3 is 9.64 Å². The Labute approximate surface area is 222 Å². The number of carbonyl (C=O) groups excluding carboxylic acids is 1. The largest absolute Gasteiger partial charge is 0.357 e. The average molecular weight is 526 g/mol. The second-order valence-corrected chi connectivity index (χ2v) is 11.1. The maximum absolute atomic E-state index is 13.8. The van der Waals surface area contributed by atoms with Crippen LogP contribution in [0.4, 0.5) is 8.78 Å². The molecule has 5 rings (SSSR count). The Morgan fingerprint density at radius 2 is 1.79 bits per heavy atom. The van der Waals surface area contributed by atoms with Crippen LogP contribution in [0.3, 0.4) is 0 Å². The van der Waals surface area contributed by atoms with Crippen LogP contribution in [0.5, 0.6) is 0 Å². The lowest BCUT2D eigenvalue weighted by Crippen LogP contribution is -2.42. The average Bonchev–Trinajstić information content (AvgIpc) is 3.57. The summed E-state index contributed by atoms with van der Waals surface area (Å²) in [5.41, 5.74) is 4.60. The van der Waals surface area contributed by atoms with Gasteiger partial charge in [-0.1, -0.05) is 19.9 Å². The van der Waals surface area contributed by atoms with Gasteiger partial charge in [-0.3, -0.25) is 9.48 Å². The molecule has 0 N–H and O–H groups in total. The smallest absolute Gasteiger partial charge is 0.254 e. The minimum atomic E-state index is -2.71. The third-order valence-electron chi connectivity index (χ3n) is 7.53. The molecule has 2 fully saturated rings. The van der Waals surface area contributed by atoms with E-state index < -0.39 is 5.92 Å². The summed E-state index contributed by atoms with van der Waals surface area (Å²) >= 11 is 0. The topological polar surface area (TPSA) is 65.2 Å². The number of nitrogens with zero attached hydrogens (tertiary/aromatic N) is 5. The van der Waals surface area contributed by atoms with E-state index in [1.54, 1.807) is 6.07 Å². The number of rotatable bonds is 6. The summed E-state index contributed by atoms with van der Waals surface area (Å²) in [6, 6.07) is 9.80. The minimum absolute atomic E-state index is 0.0387. The van der Waals surface area contributed by atoms with Gasteiger partial charge in [0.2, 0.25) is 0 Å². The Balaban J connectivity index is 1.55. The van der Waals surface area contributed by atoms with Crippen LogP contribution in [-0.4, -0.2) is 56.0 Å². The van der Waals surface area contributed by atoms with Crippen molar-refractivity contribution in [2.75, 3.05) is 19.7 Å². The number of benzene rings is 1. The van der Waals surface area contributed by atoms with Crippen molar-refractivity contribution in [3.05, 3.63) is 47.8 Å². The molecule has 2 aliphatic rings. The number of aromatic nitrogens is 4. The van der Waals surface area contributed by atoms with Gasteiger partial charge in [-0.15, -0.1) is 0 Å². The van der Waals surface area contributed by atoms with Crippen LogP contribution in [0.1, 0.15) is 94.0 Å². The summed E-state index contributed by atoms with van der Waals surface area (Å²) < 4.78 is 37.4. The molecule has 204 valence electrons. The molecule has 2 saturated heterocycles. The van der Waals surface area contributed by atoms with Crippen LogP contribution in [0.25, 0.3) is 22.5 Å². The van der Waals surface area contributed by atoms with E-state index in [-0.39, 0.29) is 50.0 Å². The molecule has 0 bridgehead atoms. The third kappa shape index (κ3) is 5.39. The first-order valence-corrected chi connectivity index (χ1v) is 13.7. The summed E-state index contributed by atoms with van der Waals surface area (Å²) in [7, 11) is 0. The standard InChI is InChI=1S/C29H37F2N5O2/c1-19(2)26-18-25(33-36(26)27-7-5-6-16-38-27)21-8-9-22(28(37)34-14-11-29(30,31)12-15-34)23(17-21)24-10-13-35(32-24)20(3)4/h8-10,13,17-20,27H,5-7,11-12,14-16H2,1-4H3. The van der Waals surface area contributed by atoms with E-state index in [1.165, 1.54) is 4.90 Å². The molecule has 9 heteroatoms. The summed E-state index contributed by atoms with van der Waals surface area (Å²) in [4.78, 5) is 15.1. The molecule has 2 aromatic heterocycles. The monoisotopic (exact) mass is 525 g/mol. The fraction of sp³-hybridized carbons (Fsp3) is 0.552. The molecule has 1 atom stereocenters. The van der Waals surface area contributed by atoms with Crippen LogP contribution in [0.2, 0.25) is 0 Å². The van der Waals surface area contributed by atoms with Crippen LogP contribution >= 0.6 is 0 Å². The Kier molecular flexibility index (Phi) is 7.40. The van der Waals surface area contributed by atoms with Gasteiger partial charge >= 0.3 is 0 Å². The highest BCUT2D eigenvalue weighted by atomic mass is 19.3. The fourth-order valence-electron chi connectivity index (χ4n) is 5.21. The second-order valence-electron chi connectivity index (χ2n) is 11.1. The molecular weight excluding hydrogens is 488 g/mol. The number of carbonyl (C=O) groups is 1.